The van der Waals surface area contributed by atoms with Crippen molar-refractivity contribution < 1.29 is 18.0 Å². The monoisotopic (exact) mass is 542 g/mol. The highest BCUT2D eigenvalue weighted by Gasteiger charge is 2.57. The number of benzene rings is 2. The smallest absolute Gasteiger partial charge is 0.272 e. The average Bonchev–Trinajstić information content (AvgIpc) is 2.98. The summed E-state index contributed by atoms with van der Waals surface area (Å²) < 4.78 is 29.4. The second-order valence-corrected chi connectivity index (χ2v) is 12.1. The van der Waals surface area contributed by atoms with Crippen LogP contribution >= 0.6 is 11.6 Å². The first-order valence-electron chi connectivity index (χ1n) is 12.1. The number of amides is 2. The van der Waals surface area contributed by atoms with E-state index in [9.17, 15) is 18.0 Å². The number of nitrogens with zero attached hydrogens (tertiary/aromatic N) is 2. The van der Waals surface area contributed by atoms with E-state index in [0.29, 0.717) is 58.9 Å². The Bertz CT molecular complexity index is 1430. The van der Waals surface area contributed by atoms with E-state index in [0.717, 1.165) is 5.57 Å². The highest BCUT2D eigenvalue weighted by atomic mass is 35.5. The molecule has 2 aliphatic heterocycles. The van der Waals surface area contributed by atoms with Crippen LogP contribution in [0.3, 0.4) is 0 Å². The van der Waals surface area contributed by atoms with E-state index in [1.807, 2.05) is 11.9 Å². The maximum atomic E-state index is 14.7. The van der Waals surface area contributed by atoms with Gasteiger partial charge < -0.3 is 15.5 Å². The molecule has 37 heavy (non-hydrogen) atoms. The van der Waals surface area contributed by atoms with E-state index in [4.69, 9.17) is 11.6 Å². The zero-order valence-corrected chi connectivity index (χ0v) is 23.0. The van der Waals surface area contributed by atoms with Crippen molar-refractivity contribution in [3.05, 3.63) is 69.3 Å². The third-order valence-corrected chi connectivity index (χ3v) is 9.64. The van der Waals surface area contributed by atoms with Gasteiger partial charge in [-0.05, 0) is 68.6 Å². The molecule has 0 bridgehead atoms. The Morgan fingerprint density at radius 1 is 1.22 bits per heavy atom. The van der Waals surface area contributed by atoms with E-state index < -0.39 is 20.6 Å². The van der Waals surface area contributed by atoms with Gasteiger partial charge in [-0.25, -0.2) is 8.42 Å². The topological polar surface area (TPSA) is 108 Å². The number of hydrogen-bond donors (Lipinski definition) is 2. The molecule has 2 aromatic rings. The molecule has 0 saturated heterocycles. The first-order chi connectivity index (χ1) is 17.5. The fourth-order valence-electron chi connectivity index (χ4n) is 4.87. The number of aliphatic imine (C=N–C) groups is 1. The molecule has 0 fully saturated rings. The molecule has 0 unspecified atom stereocenters. The van der Waals surface area contributed by atoms with Crippen LogP contribution < -0.4 is 10.6 Å². The number of carbonyl (C=O) groups excluding carboxylic acids is 2. The Balaban J connectivity index is 2.01. The van der Waals surface area contributed by atoms with Crippen molar-refractivity contribution in [2.24, 2.45) is 4.99 Å². The summed E-state index contributed by atoms with van der Waals surface area (Å²) in [6, 6.07) is 10.2. The number of para-hydroxylation sites is 1. The van der Waals surface area contributed by atoms with Gasteiger partial charge in [-0.3, -0.25) is 14.6 Å². The van der Waals surface area contributed by atoms with Crippen LogP contribution in [0.15, 0.2) is 57.4 Å². The molecule has 0 radical (unpaired) electrons. The summed E-state index contributed by atoms with van der Waals surface area (Å²) in [5, 5.41) is 6.08. The number of benzodiazepines with no additional fused rings is 1. The molecule has 2 aromatic carbocycles. The molecule has 0 saturated carbocycles. The van der Waals surface area contributed by atoms with Crippen LogP contribution in [0.25, 0.3) is 0 Å². The molecule has 0 aliphatic carbocycles. The van der Waals surface area contributed by atoms with Crippen LogP contribution in [0.4, 0.5) is 5.69 Å². The molecular weight excluding hydrogens is 512 g/mol. The number of aryl methyl sites for hydroxylation is 2. The molecule has 2 N–H and O–H groups in total. The lowest BCUT2D eigenvalue weighted by atomic mass is 9.91. The number of carbonyl (C=O) groups is 2. The van der Waals surface area contributed by atoms with Crippen LogP contribution in [-0.2, 0) is 19.4 Å². The van der Waals surface area contributed by atoms with Gasteiger partial charge in [0.2, 0.25) is 15.7 Å². The molecule has 8 nitrogen and oxygen atoms in total. The van der Waals surface area contributed by atoms with Gasteiger partial charge >= 0.3 is 0 Å². The van der Waals surface area contributed by atoms with Crippen molar-refractivity contribution in [1.82, 2.24) is 10.2 Å². The first kappa shape index (κ1) is 27.0. The van der Waals surface area contributed by atoms with Crippen LogP contribution in [0.2, 0.25) is 5.02 Å². The normalized spacial score (nSPS) is 20.3. The van der Waals surface area contributed by atoms with E-state index >= 15 is 0 Å². The SMILES string of the molecule is CC(=O)NCCC1=C([C@]2(S(=O)(=O)c3cc(C)c(Cl)cc3C)N=Cc3ccccc3NC2=O)CN(C)CC1. The van der Waals surface area contributed by atoms with E-state index in [1.165, 1.54) is 19.2 Å². The van der Waals surface area contributed by atoms with E-state index in [1.54, 1.807) is 44.2 Å². The summed E-state index contributed by atoms with van der Waals surface area (Å²) in [5.41, 5.74) is 3.34. The molecule has 1 atom stereocenters. The minimum Gasteiger partial charge on any atom is -0.356 e. The van der Waals surface area contributed by atoms with E-state index in [2.05, 4.69) is 15.6 Å². The quantitative estimate of drug-likeness (QED) is 0.542. The zero-order valence-electron chi connectivity index (χ0n) is 21.4. The Labute approximate surface area is 222 Å². The lowest BCUT2D eigenvalue weighted by Crippen LogP contribution is -2.53. The predicted octanol–water partition coefficient (Wildman–Crippen LogP) is 3.66. The number of sulfone groups is 1. The third-order valence-electron chi connectivity index (χ3n) is 6.90. The largest absolute Gasteiger partial charge is 0.356 e. The molecule has 196 valence electrons. The van der Waals surface area contributed by atoms with Gasteiger partial charge in [0, 0.05) is 49.0 Å². The molecule has 0 aromatic heterocycles. The van der Waals surface area contributed by atoms with Gasteiger partial charge in [-0.2, -0.15) is 0 Å². The summed E-state index contributed by atoms with van der Waals surface area (Å²) in [6.07, 6.45) is 2.43. The fourth-order valence-corrected chi connectivity index (χ4v) is 7.24. The average molecular weight is 543 g/mol. The van der Waals surface area contributed by atoms with Crippen LogP contribution in [0, 0.1) is 13.8 Å². The number of fused-ring (bicyclic) bond motifs is 1. The van der Waals surface area contributed by atoms with Gasteiger partial charge in [-0.1, -0.05) is 35.4 Å². The molecule has 2 aliphatic rings. The van der Waals surface area contributed by atoms with Crippen molar-refractivity contribution in [1.29, 1.82) is 0 Å². The number of halogens is 1. The second kappa shape index (κ2) is 10.4. The first-order valence-corrected chi connectivity index (χ1v) is 13.9. The molecule has 0 spiro atoms. The Morgan fingerprint density at radius 3 is 2.68 bits per heavy atom. The fraction of sp³-hybridized carbons (Fsp3) is 0.370. The second-order valence-electron chi connectivity index (χ2n) is 9.62. The summed E-state index contributed by atoms with van der Waals surface area (Å²) in [6.45, 7) is 6.09. The number of rotatable bonds is 6. The zero-order chi connectivity index (χ0) is 27.0. The number of likely N-dealkylation sites (N-methyl/N-ethyl adjacent to an activating group) is 1. The third kappa shape index (κ3) is 4.95. The number of nitrogens with one attached hydrogen (secondary N) is 2. The van der Waals surface area contributed by atoms with Crippen molar-refractivity contribution in [3.8, 4) is 0 Å². The molecular formula is C27H31ClN4O4S. The lowest BCUT2D eigenvalue weighted by Gasteiger charge is -2.37. The van der Waals surface area contributed by atoms with Crippen molar-refractivity contribution in [3.63, 3.8) is 0 Å². The van der Waals surface area contributed by atoms with Crippen molar-refractivity contribution >= 4 is 45.2 Å². The molecule has 4 rings (SSSR count). The standard InChI is InChI=1S/C27H31ClN4O4S/c1-17-14-25(18(2)13-23(17)28)37(35,36)27(26(34)31-24-8-6-5-7-21(24)15-30-27)22-16-32(4)12-10-20(22)9-11-29-19(3)33/h5-8,13-15H,9-12,16H2,1-4H3,(H,29,33)(H,31,34)/t27-/m1/s1. The Morgan fingerprint density at radius 2 is 1.95 bits per heavy atom. The van der Waals surface area contributed by atoms with Crippen LogP contribution in [0.5, 0.6) is 0 Å². The highest BCUT2D eigenvalue weighted by Crippen LogP contribution is 2.43. The maximum absolute atomic E-state index is 14.7. The summed E-state index contributed by atoms with van der Waals surface area (Å²) in [4.78, 5) is 30.1. The van der Waals surface area contributed by atoms with E-state index in [-0.39, 0.29) is 17.3 Å². The van der Waals surface area contributed by atoms with Gasteiger partial charge in [0.25, 0.3) is 10.8 Å². The molecule has 10 heteroatoms. The van der Waals surface area contributed by atoms with Crippen molar-refractivity contribution in [2.45, 2.75) is 43.4 Å². The molecule has 2 heterocycles. The van der Waals surface area contributed by atoms with Gasteiger partial charge in [0.05, 0.1) is 4.90 Å². The summed E-state index contributed by atoms with van der Waals surface area (Å²) in [5.74, 6) is -0.909. The van der Waals surface area contributed by atoms with Gasteiger partial charge in [0.1, 0.15) is 0 Å². The maximum Gasteiger partial charge on any atom is 0.272 e. The van der Waals surface area contributed by atoms with Crippen LogP contribution in [0.1, 0.15) is 36.5 Å². The van der Waals surface area contributed by atoms with Gasteiger partial charge in [-0.15, -0.1) is 0 Å². The van der Waals surface area contributed by atoms with Gasteiger partial charge in [0.15, 0.2) is 0 Å². The lowest BCUT2D eigenvalue weighted by molar-refractivity contribution is -0.119. The molecule has 2 amide bonds. The summed E-state index contributed by atoms with van der Waals surface area (Å²) in [7, 11) is -2.54. The Kier molecular flexibility index (Phi) is 7.60. The van der Waals surface area contributed by atoms with Crippen molar-refractivity contribution in [2.75, 3.05) is 32.0 Å². The highest BCUT2D eigenvalue weighted by molar-refractivity contribution is 7.94. The van der Waals surface area contributed by atoms with Crippen LogP contribution in [-0.4, -0.2) is 62.9 Å². The summed E-state index contributed by atoms with van der Waals surface area (Å²) >= 11 is 6.29. The number of anilines is 1. The Hall–Kier alpha value is -3.01. The number of hydrogen-bond acceptors (Lipinski definition) is 6. The minimum atomic E-state index is -4.42. The predicted molar refractivity (Wildman–Crippen MR) is 146 cm³/mol. The minimum absolute atomic E-state index is 0.00888.